The Balaban J connectivity index is 1.57. The first-order valence-corrected chi connectivity index (χ1v) is 10.3. The van der Waals surface area contributed by atoms with Gasteiger partial charge in [0.15, 0.2) is 0 Å². The Bertz CT molecular complexity index is 1340. The van der Waals surface area contributed by atoms with Crippen LogP contribution in [-0.2, 0) is 0 Å². The second-order valence-electron chi connectivity index (χ2n) is 7.17. The normalized spacial score (nSPS) is 11.4. The van der Waals surface area contributed by atoms with Crippen molar-refractivity contribution < 1.29 is 9.90 Å². The van der Waals surface area contributed by atoms with Crippen molar-refractivity contribution >= 4 is 46.1 Å². The van der Waals surface area contributed by atoms with Crippen LogP contribution >= 0.6 is 23.2 Å². The monoisotopic (exact) mass is 451 g/mol. The van der Waals surface area contributed by atoms with Crippen molar-refractivity contribution in [2.24, 2.45) is 5.10 Å². The Hall–Kier alpha value is -3.28. The highest BCUT2D eigenvalue weighted by Crippen LogP contribution is 2.28. The molecule has 5 nitrogen and oxygen atoms in total. The minimum atomic E-state index is -0.492. The number of hydrogen-bond acceptors (Lipinski definition) is 3. The number of halogens is 2. The summed E-state index contributed by atoms with van der Waals surface area (Å²) < 4.78 is 2.00. The van der Waals surface area contributed by atoms with Crippen LogP contribution in [0.1, 0.15) is 27.3 Å². The number of phenolic OH excluding ortho intramolecular Hbond substituents is 1. The third kappa shape index (κ3) is 4.15. The Morgan fingerprint density at radius 1 is 1.03 bits per heavy atom. The molecule has 1 heterocycles. The van der Waals surface area contributed by atoms with Crippen molar-refractivity contribution in [2.75, 3.05) is 0 Å². The molecule has 156 valence electrons. The van der Waals surface area contributed by atoms with Crippen molar-refractivity contribution in [3.63, 3.8) is 0 Å². The Morgan fingerprint density at radius 2 is 1.74 bits per heavy atom. The van der Waals surface area contributed by atoms with Crippen LogP contribution in [0, 0.1) is 13.8 Å². The molecule has 0 atom stereocenters. The summed E-state index contributed by atoms with van der Waals surface area (Å²) >= 11 is 12.4. The first-order valence-electron chi connectivity index (χ1n) is 9.54. The summed E-state index contributed by atoms with van der Waals surface area (Å²) in [5.74, 6) is -0.587. The summed E-state index contributed by atoms with van der Waals surface area (Å²) in [6, 6.07) is 18.0. The van der Waals surface area contributed by atoms with Gasteiger partial charge in [0.25, 0.3) is 5.91 Å². The van der Waals surface area contributed by atoms with Crippen LogP contribution in [0.25, 0.3) is 16.5 Å². The van der Waals surface area contributed by atoms with Crippen molar-refractivity contribution in [3.8, 4) is 11.4 Å². The fraction of sp³-hybridized carbons (Fsp3) is 0.0833. The summed E-state index contributed by atoms with van der Waals surface area (Å²) in [7, 11) is 0. The lowest BCUT2D eigenvalue weighted by Gasteiger charge is -2.11. The van der Waals surface area contributed by atoms with Crippen LogP contribution in [0.2, 0.25) is 10.0 Å². The van der Waals surface area contributed by atoms with E-state index in [4.69, 9.17) is 23.2 Å². The van der Waals surface area contributed by atoms with Crippen LogP contribution in [0.15, 0.2) is 65.8 Å². The molecule has 0 spiro atoms. The smallest absolute Gasteiger partial charge is 0.275 e. The maximum Gasteiger partial charge on any atom is 0.275 e. The Morgan fingerprint density at radius 3 is 2.45 bits per heavy atom. The van der Waals surface area contributed by atoms with Crippen molar-refractivity contribution in [3.05, 3.63) is 93.2 Å². The van der Waals surface area contributed by atoms with Crippen LogP contribution in [0.4, 0.5) is 0 Å². The molecule has 0 saturated heterocycles. The number of phenols is 1. The van der Waals surface area contributed by atoms with Gasteiger partial charge in [0.2, 0.25) is 0 Å². The van der Waals surface area contributed by atoms with Gasteiger partial charge in [0, 0.05) is 22.0 Å². The molecule has 3 aromatic carbocycles. The van der Waals surface area contributed by atoms with Gasteiger partial charge in [-0.1, -0.05) is 47.5 Å². The van der Waals surface area contributed by atoms with E-state index in [1.807, 2.05) is 54.8 Å². The lowest BCUT2D eigenvalue weighted by Crippen LogP contribution is -2.17. The fourth-order valence-corrected chi connectivity index (χ4v) is 4.08. The van der Waals surface area contributed by atoms with Crippen LogP contribution in [0.3, 0.4) is 0 Å². The number of aromatic nitrogens is 1. The number of nitrogens with one attached hydrogen (secondary N) is 1. The molecule has 0 fully saturated rings. The van der Waals surface area contributed by atoms with E-state index in [0.29, 0.717) is 10.0 Å². The molecule has 4 aromatic rings. The zero-order valence-electron chi connectivity index (χ0n) is 16.9. The quantitative estimate of drug-likeness (QED) is 0.294. The number of amides is 1. The number of aromatic hydroxyl groups is 1. The zero-order chi connectivity index (χ0) is 22.1. The molecule has 1 aromatic heterocycles. The van der Waals surface area contributed by atoms with Crippen LogP contribution < -0.4 is 5.43 Å². The lowest BCUT2D eigenvalue weighted by molar-refractivity contribution is 0.0952. The van der Waals surface area contributed by atoms with E-state index in [1.54, 1.807) is 30.5 Å². The molecule has 31 heavy (non-hydrogen) atoms. The molecule has 4 rings (SSSR count). The van der Waals surface area contributed by atoms with Crippen molar-refractivity contribution in [1.29, 1.82) is 0 Å². The number of nitrogens with zero attached hydrogens (tertiary/aromatic N) is 2. The maximum atomic E-state index is 12.5. The molecule has 0 unspecified atom stereocenters. The molecule has 2 N–H and O–H groups in total. The standard InChI is InChI=1S/C24H19Cl2N3O2/c1-14-9-18(15(2)29(14)22-8-7-19(25)12-21(22)26)13-27-28-24(31)20-10-16-5-3-4-6-17(16)11-23(20)30/h3-13,30H,1-2H3,(H,28,31). The number of fused-ring (bicyclic) bond motifs is 1. The molecule has 0 aliphatic carbocycles. The number of rotatable bonds is 4. The van der Waals surface area contributed by atoms with Crippen molar-refractivity contribution in [1.82, 2.24) is 9.99 Å². The second-order valence-corrected chi connectivity index (χ2v) is 8.02. The highest BCUT2D eigenvalue weighted by molar-refractivity contribution is 6.35. The molecular formula is C24H19Cl2N3O2. The van der Waals surface area contributed by atoms with Gasteiger partial charge in [-0.15, -0.1) is 0 Å². The minimum Gasteiger partial charge on any atom is -0.507 e. The van der Waals surface area contributed by atoms with E-state index < -0.39 is 5.91 Å². The van der Waals surface area contributed by atoms with E-state index in [0.717, 1.165) is 33.4 Å². The number of carbonyl (C=O) groups excluding carboxylic acids is 1. The minimum absolute atomic E-state index is 0.0954. The summed E-state index contributed by atoms with van der Waals surface area (Å²) in [6.07, 6.45) is 1.57. The van der Waals surface area contributed by atoms with Gasteiger partial charge in [0.05, 0.1) is 22.5 Å². The van der Waals surface area contributed by atoms with Crippen molar-refractivity contribution in [2.45, 2.75) is 13.8 Å². The first-order chi connectivity index (χ1) is 14.8. The predicted molar refractivity (Wildman–Crippen MR) is 126 cm³/mol. The first kappa shape index (κ1) is 21.0. The number of hydrazone groups is 1. The van der Waals surface area contributed by atoms with E-state index in [-0.39, 0.29) is 11.3 Å². The number of carbonyl (C=O) groups is 1. The van der Waals surface area contributed by atoms with Gasteiger partial charge >= 0.3 is 0 Å². The summed E-state index contributed by atoms with van der Waals surface area (Å²) in [5, 5.41) is 17.1. The molecule has 0 radical (unpaired) electrons. The molecular weight excluding hydrogens is 433 g/mol. The van der Waals surface area contributed by atoms with E-state index in [9.17, 15) is 9.90 Å². The van der Waals surface area contributed by atoms with Gasteiger partial charge in [-0.25, -0.2) is 5.43 Å². The van der Waals surface area contributed by atoms with Gasteiger partial charge < -0.3 is 9.67 Å². The van der Waals surface area contributed by atoms with Gasteiger partial charge in [-0.3, -0.25) is 4.79 Å². The Kier molecular flexibility index (Phi) is 5.72. The van der Waals surface area contributed by atoms with Gasteiger partial charge in [-0.05, 0) is 61.0 Å². The molecule has 0 bridgehead atoms. The molecule has 7 heteroatoms. The molecule has 0 aliphatic rings. The topological polar surface area (TPSA) is 66.6 Å². The fourth-order valence-electron chi connectivity index (χ4n) is 3.58. The third-order valence-corrected chi connectivity index (χ3v) is 5.64. The van der Waals surface area contributed by atoms with Crippen LogP contribution in [0.5, 0.6) is 5.75 Å². The van der Waals surface area contributed by atoms with E-state index >= 15 is 0 Å². The van der Waals surface area contributed by atoms with Crippen LogP contribution in [-0.4, -0.2) is 21.8 Å². The SMILES string of the molecule is Cc1cc(C=NNC(=O)c2cc3ccccc3cc2O)c(C)n1-c1ccc(Cl)cc1Cl. The van der Waals surface area contributed by atoms with E-state index in [1.165, 1.54) is 0 Å². The molecule has 0 saturated carbocycles. The second kappa shape index (κ2) is 8.46. The van der Waals surface area contributed by atoms with Gasteiger partial charge in [0.1, 0.15) is 5.75 Å². The molecule has 1 amide bonds. The Labute approximate surface area is 189 Å². The van der Waals surface area contributed by atoms with E-state index in [2.05, 4.69) is 10.5 Å². The predicted octanol–water partition coefficient (Wildman–Crippen LogP) is 6.02. The number of hydrogen-bond donors (Lipinski definition) is 2. The summed E-state index contributed by atoms with van der Waals surface area (Å²) in [5.41, 5.74) is 6.15. The largest absolute Gasteiger partial charge is 0.507 e. The number of aryl methyl sites for hydroxylation is 1. The molecule has 0 aliphatic heterocycles. The lowest BCUT2D eigenvalue weighted by atomic mass is 10.1. The average Bonchev–Trinajstić information content (AvgIpc) is 3.01. The zero-order valence-corrected chi connectivity index (χ0v) is 18.4. The number of benzene rings is 3. The highest BCUT2D eigenvalue weighted by atomic mass is 35.5. The summed E-state index contributed by atoms with van der Waals surface area (Å²) in [4.78, 5) is 12.5. The maximum absolute atomic E-state index is 12.5. The highest BCUT2D eigenvalue weighted by Gasteiger charge is 2.14. The third-order valence-electron chi connectivity index (χ3n) is 5.10. The average molecular weight is 452 g/mol. The van der Waals surface area contributed by atoms with Gasteiger partial charge in [-0.2, -0.15) is 5.10 Å². The summed E-state index contributed by atoms with van der Waals surface area (Å²) in [6.45, 7) is 3.90.